The minimum atomic E-state index is -0.553. The largest absolute Gasteiger partial charge is 0.326 e. The second kappa shape index (κ2) is 7.81. The maximum atomic E-state index is 12.0. The zero-order valence-electron chi connectivity index (χ0n) is 12.5. The third-order valence-corrected chi connectivity index (χ3v) is 3.32. The quantitative estimate of drug-likeness (QED) is 0.730. The number of carbonyl (C=O) groups excluding carboxylic acids is 3. The number of hydrazine groups is 1. The molecule has 2 rings (SSSR count). The van der Waals surface area contributed by atoms with Crippen LogP contribution in [-0.4, -0.2) is 17.7 Å². The van der Waals surface area contributed by atoms with Gasteiger partial charge in [-0.15, -0.1) is 0 Å². The Kier molecular flexibility index (Phi) is 5.78. The Hall–Kier alpha value is -2.57. The van der Waals surface area contributed by atoms with Crippen LogP contribution in [-0.2, 0) is 4.79 Å². The van der Waals surface area contributed by atoms with Crippen LogP contribution in [0.5, 0.6) is 0 Å². The standard InChI is InChI=1S/C16H13Cl2N3O3/c1-9(22)19-14-4-2-10(3-5-14)15(23)20-21-16(24)11-6-12(17)8-13(18)7-11/h2-8H,1H3,(H,19,22)(H,20,23)(H,21,24). The summed E-state index contributed by atoms with van der Waals surface area (Å²) in [5.41, 5.74) is 5.65. The zero-order chi connectivity index (χ0) is 17.7. The number of amides is 3. The van der Waals surface area contributed by atoms with Crippen molar-refractivity contribution >= 4 is 46.6 Å². The van der Waals surface area contributed by atoms with E-state index in [2.05, 4.69) is 16.2 Å². The Labute approximate surface area is 148 Å². The maximum absolute atomic E-state index is 12.0. The van der Waals surface area contributed by atoms with E-state index in [0.29, 0.717) is 21.3 Å². The molecule has 0 radical (unpaired) electrons. The molecule has 0 aliphatic rings. The highest BCUT2D eigenvalue weighted by atomic mass is 35.5. The molecule has 0 spiro atoms. The van der Waals surface area contributed by atoms with E-state index in [-0.39, 0.29) is 11.5 Å². The van der Waals surface area contributed by atoms with E-state index in [9.17, 15) is 14.4 Å². The summed E-state index contributed by atoms with van der Waals surface area (Å²) < 4.78 is 0. The van der Waals surface area contributed by atoms with Crippen LogP contribution >= 0.6 is 23.2 Å². The van der Waals surface area contributed by atoms with Gasteiger partial charge in [0.15, 0.2) is 0 Å². The Bertz CT molecular complexity index is 771. The van der Waals surface area contributed by atoms with Gasteiger partial charge in [-0.1, -0.05) is 23.2 Å². The van der Waals surface area contributed by atoms with Gasteiger partial charge in [-0.05, 0) is 42.5 Å². The molecule has 0 heterocycles. The van der Waals surface area contributed by atoms with Gasteiger partial charge in [-0.3, -0.25) is 25.2 Å². The first-order valence-electron chi connectivity index (χ1n) is 6.79. The smallest absolute Gasteiger partial charge is 0.269 e. The van der Waals surface area contributed by atoms with E-state index in [1.807, 2.05) is 0 Å². The van der Waals surface area contributed by atoms with Gasteiger partial charge in [0.2, 0.25) is 5.91 Å². The molecule has 0 unspecified atom stereocenters. The third-order valence-electron chi connectivity index (χ3n) is 2.88. The highest BCUT2D eigenvalue weighted by Gasteiger charge is 2.10. The highest BCUT2D eigenvalue weighted by Crippen LogP contribution is 2.18. The molecule has 24 heavy (non-hydrogen) atoms. The van der Waals surface area contributed by atoms with Crippen molar-refractivity contribution in [1.29, 1.82) is 0 Å². The number of hydrogen-bond acceptors (Lipinski definition) is 3. The van der Waals surface area contributed by atoms with Gasteiger partial charge in [0.25, 0.3) is 11.8 Å². The van der Waals surface area contributed by atoms with Crippen LogP contribution in [0.25, 0.3) is 0 Å². The summed E-state index contributed by atoms with van der Waals surface area (Å²) >= 11 is 11.6. The van der Waals surface area contributed by atoms with E-state index in [4.69, 9.17) is 23.2 Å². The highest BCUT2D eigenvalue weighted by molar-refractivity contribution is 6.35. The Morgan fingerprint density at radius 2 is 1.29 bits per heavy atom. The lowest BCUT2D eigenvalue weighted by atomic mass is 10.2. The van der Waals surface area contributed by atoms with Gasteiger partial charge < -0.3 is 5.32 Å². The number of hydrogen-bond donors (Lipinski definition) is 3. The average Bonchev–Trinajstić information content (AvgIpc) is 2.51. The summed E-state index contributed by atoms with van der Waals surface area (Å²) in [5, 5.41) is 3.21. The molecule has 2 aromatic rings. The second-order valence-corrected chi connectivity index (χ2v) is 5.70. The summed E-state index contributed by atoms with van der Waals surface area (Å²) in [7, 11) is 0. The minimum absolute atomic E-state index is 0.209. The van der Waals surface area contributed by atoms with E-state index >= 15 is 0 Å². The van der Waals surface area contributed by atoms with Crippen molar-refractivity contribution in [2.75, 3.05) is 5.32 Å². The van der Waals surface area contributed by atoms with E-state index in [1.165, 1.54) is 37.3 Å². The molecule has 2 aromatic carbocycles. The lowest BCUT2D eigenvalue weighted by molar-refractivity contribution is -0.114. The van der Waals surface area contributed by atoms with Crippen LogP contribution in [0.15, 0.2) is 42.5 Å². The molecule has 0 bridgehead atoms. The fraction of sp³-hybridized carbons (Fsp3) is 0.0625. The Morgan fingerprint density at radius 1 is 0.792 bits per heavy atom. The van der Waals surface area contributed by atoms with Gasteiger partial charge in [0.05, 0.1) is 0 Å². The molecule has 124 valence electrons. The number of nitrogens with one attached hydrogen (secondary N) is 3. The van der Waals surface area contributed by atoms with Crippen LogP contribution < -0.4 is 16.2 Å². The maximum Gasteiger partial charge on any atom is 0.269 e. The number of anilines is 1. The summed E-state index contributed by atoms with van der Waals surface area (Å²) in [6, 6.07) is 10.5. The van der Waals surface area contributed by atoms with Gasteiger partial charge in [0, 0.05) is 33.8 Å². The molecule has 8 heteroatoms. The molecular weight excluding hydrogens is 353 g/mol. The molecule has 3 N–H and O–H groups in total. The first kappa shape index (κ1) is 17.8. The topological polar surface area (TPSA) is 87.3 Å². The molecule has 0 fully saturated rings. The van der Waals surface area contributed by atoms with Gasteiger partial charge in [-0.25, -0.2) is 0 Å². The van der Waals surface area contributed by atoms with Crippen molar-refractivity contribution in [3.63, 3.8) is 0 Å². The van der Waals surface area contributed by atoms with Crippen molar-refractivity contribution in [2.45, 2.75) is 6.92 Å². The predicted octanol–water partition coefficient (Wildman–Crippen LogP) is 3.03. The second-order valence-electron chi connectivity index (χ2n) is 4.82. The van der Waals surface area contributed by atoms with Gasteiger partial charge >= 0.3 is 0 Å². The molecule has 3 amide bonds. The average molecular weight is 366 g/mol. The van der Waals surface area contributed by atoms with Crippen molar-refractivity contribution in [3.05, 3.63) is 63.6 Å². The van der Waals surface area contributed by atoms with Gasteiger partial charge in [0.1, 0.15) is 0 Å². The van der Waals surface area contributed by atoms with Crippen LogP contribution in [0.1, 0.15) is 27.6 Å². The molecular formula is C16H13Cl2N3O3. The van der Waals surface area contributed by atoms with Crippen molar-refractivity contribution in [1.82, 2.24) is 10.9 Å². The lowest BCUT2D eigenvalue weighted by Gasteiger charge is -2.09. The van der Waals surface area contributed by atoms with E-state index in [1.54, 1.807) is 12.1 Å². The van der Waals surface area contributed by atoms with Crippen LogP contribution in [0.2, 0.25) is 10.0 Å². The van der Waals surface area contributed by atoms with Gasteiger partial charge in [-0.2, -0.15) is 0 Å². The Balaban J connectivity index is 1.97. The summed E-state index contributed by atoms with van der Waals surface area (Å²) in [6.45, 7) is 1.39. The zero-order valence-corrected chi connectivity index (χ0v) is 14.0. The van der Waals surface area contributed by atoms with Crippen LogP contribution in [0, 0.1) is 0 Å². The number of carbonyl (C=O) groups is 3. The molecule has 0 saturated heterocycles. The Morgan fingerprint density at radius 3 is 1.79 bits per heavy atom. The third kappa shape index (κ3) is 4.97. The van der Waals surface area contributed by atoms with Crippen molar-refractivity contribution in [3.8, 4) is 0 Å². The molecule has 0 atom stereocenters. The lowest BCUT2D eigenvalue weighted by Crippen LogP contribution is -2.41. The van der Waals surface area contributed by atoms with Crippen molar-refractivity contribution in [2.24, 2.45) is 0 Å². The number of benzene rings is 2. The molecule has 0 aromatic heterocycles. The normalized spacial score (nSPS) is 9.96. The number of halogens is 2. The fourth-order valence-electron chi connectivity index (χ4n) is 1.85. The van der Waals surface area contributed by atoms with Crippen LogP contribution in [0.4, 0.5) is 5.69 Å². The fourth-order valence-corrected chi connectivity index (χ4v) is 2.38. The first-order valence-corrected chi connectivity index (χ1v) is 7.55. The SMILES string of the molecule is CC(=O)Nc1ccc(C(=O)NNC(=O)c2cc(Cl)cc(Cl)c2)cc1. The molecule has 0 saturated carbocycles. The van der Waals surface area contributed by atoms with Crippen molar-refractivity contribution < 1.29 is 14.4 Å². The monoisotopic (exact) mass is 365 g/mol. The molecule has 6 nitrogen and oxygen atoms in total. The van der Waals surface area contributed by atoms with Crippen LogP contribution in [0.3, 0.4) is 0 Å². The summed E-state index contributed by atoms with van der Waals surface area (Å²) in [6.07, 6.45) is 0. The summed E-state index contributed by atoms with van der Waals surface area (Å²) in [5.74, 6) is -1.27. The first-order chi connectivity index (χ1) is 11.3. The molecule has 0 aliphatic heterocycles. The minimum Gasteiger partial charge on any atom is -0.326 e. The summed E-state index contributed by atoms with van der Waals surface area (Å²) in [4.78, 5) is 34.9. The van der Waals surface area contributed by atoms with E-state index < -0.39 is 11.8 Å². The number of rotatable bonds is 3. The predicted molar refractivity (Wildman–Crippen MR) is 92.1 cm³/mol. The van der Waals surface area contributed by atoms with E-state index in [0.717, 1.165) is 0 Å². The molecule has 0 aliphatic carbocycles.